The quantitative estimate of drug-likeness (QED) is 0.420. The highest BCUT2D eigenvalue weighted by Crippen LogP contribution is 2.28. The lowest BCUT2D eigenvalue weighted by molar-refractivity contribution is 0.962. The van der Waals surface area contributed by atoms with Crippen LogP contribution >= 0.6 is 27.5 Å². The summed E-state index contributed by atoms with van der Waals surface area (Å²) in [6.45, 7) is 6.22. The van der Waals surface area contributed by atoms with Crippen LogP contribution < -0.4 is 0 Å². The van der Waals surface area contributed by atoms with E-state index < -0.39 is 0 Å². The van der Waals surface area contributed by atoms with Gasteiger partial charge in [0.1, 0.15) is 0 Å². The van der Waals surface area contributed by atoms with Gasteiger partial charge in [-0.3, -0.25) is 0 Å². The summed E-state index contributed by atoms with van der Waals surface area (Å²) in [7, 11) is 0. The number of allylic oxidation sites excluding steroid dienone is 1. The molecule has 2 nitrogen and oxygen atoms in total. The molecule has 0 aliphatic carbocycles. The molecule has 0 saturated heterocycles. The predicted octanol–water partition coefficient (Wildman–Crippen LogP) is 6.88. The Balaban J connectivity index is 2.08. The molecule has 130 valence electrons. The molecule has 0 aliphatic rings. The van der Waals surface area contributed by atoms with Crippen molar-refractivity contribution in [3.8, 4) is 11.8 Å². The Morgan fingerprint density at radius 3 is 2.38 bits per heavy atom. The van der Waals surface area contributed by atoms with Crippen LogP contribution in [-0.2, 0) is 0 Å². The van der Waals surface area contributed by atoms with E-state index in [1.807, 2.05) is 18.2 Å². The van der Waals surface area contributed by atoms with E-state index in [2.05, 4.69) is 71.6 Å². The third-order valence-electron chi connectivity index (χ3n) is 4.46. The van der Waals surface area contributed by atoms with Crippen molar-refractivity contribution in [3.05, 3.63) is 86.1 Å². The highest BCUT2D eigenvalue weighted by Gasteiger charge is 2.11. The molecule has 26 heavy (non-hydrogen) atoms. The minimum atomic E-state index is 0.618. The van der Waals surface area contributed by atoms with Gasteiger partial charge in [-0.15, -0.1) is 0 Å². The number of hydrogen-bond donors (Lipinski definition) is 0. The molecule has 0 aliphatic heterocycles. The SMILES string of the molecule is Cc1ccc(-n2c(C)cc(/C=C(/C#N)c3ccc(Cl)cc3)c2C)cc1Br. The summed E-state index contributed by atoms with van der Waals surface area (Å²) in [5.41, 5.74) is 7.03. The molecule has 0 unspecified atom stereocenters. The minimum Gasteiger partial charge on any atom is -0.318 e. The van der Waals surface area contributed by atoms with Gasteiger partial charge in [-0.25, -0.2) is 0 Å². The summed E-state index contributed by atoms with van der Waals surface area (Å²) in [5.74, 6) is 0. The van der Waals surface area contributed by atoms with E-state index in [4.69, 9.17) is 11.6 Å². The molecule has 3 aromatic rings. The maximum Gasteiger partial charge on any atom is 0.0998 e. The van der Waals surface area contributed by atoms with E-state index in [1.165, 1.54) is 5.56 Å². The molecule has 3 rings (SSSR count). The summed E-state index contributed by atoms with van der Waals surface area (Å²) in [5, 5.41) is 10.3. The molecule has 0 amide bonds. The molecule has 4 heteroatoms. The van der Waals surface area contributed by atoms with Gasteiger partial charge in [0.25, 0.3) is 0 Å². The average Bonchev–Trinajstić information content (AvgIpc) is 2.90. The number of aromatic nitrogens is 1. The number of aryl methyl sites for hydroxylation is 2. The second-order valence-electron chi connectivity index (χ2n) is 6.27. The average molecular weight is 426 g/mol. The second kappa shape index (κ2) is 7.53. The van der Waals surface area contributed by atoms with Crippen LogP contribution in [0, 0.1) is 32.1 Å². The van der Waals surface area contributed by atoms with E-state index in [-0.39, 0.29) is 0 Å². The molecule has 0 fully saturated rings. The van der Waals surface area contributed by atoms with Gasteiger partial charge in [-0.05, 0) is 73.9 Å². The molecule has 0 atom stereocenters. The predicted molar refractivity (Wildman–Crippen MR) is 113 cm³/mol. The second-order valence-corrected chi connectivity index (χ2v) is 7.56. The molecule has 0 spiro atoms. The Morgan fingerprint density at radius 1 is 1.08 bits per heavy atom. The summed E-state index contributed by atoms with van der Waals surface area (Å²) >= 11 is 9.56. The Bertz CT molecular complexity index is 1040. The molecular formula is C22H18BrClN2. The third kappa shape index (κ3) is 3.62. The smallest absolute Gasteiger partial charge is 0.0998 e. The molecule has 2 aromatic carbocycles. The van der Waals surface area contributed by atoms with Crippen LogP contribution in [-0.4, -0.2) is 4.57 Å². The van der Waals surface area contributed by atoms with Crippen molar-refractivity contribution >= 4 is 39.2 Å². The molecule has 0 saturated carbocycles. The molecule has 1 heterocycles. The van der Waals surface area contributed by atoms with Crippen molar-refractivity contribution in [1.82, 2.24) is 4.57 Å². The first-order valence-electron chi connectivity index (χ1n) is 8.24. The zero-order valence-corrected chi connectivity index (χ0v) is 17.2. The fourth-order valence-electron chi connectivity index (χ4n) is 3.02. The number of rotatable bonds is 3. The largest absolute Gasteiger partial charge is 0.318 e. The fraction of sp³-hybridized carbons (Fsp3) is 0.136. The lowest BCUT2D eigenvalue weighted by Crippen LogP contribution is -1.99. The Labute approximate surface area is 167 Å². The van der Waals surface area contributed by atoms with Crippen molar-refractivity contribution in [2.24, 2.45) is 0 Å². The summed E-state index contributed by atoms with van der Waals surface area (Å²) in [6.07, 6.45) is 1.94. The van der Waals surface area contributed by atoms with Gasteiger partial charge in [0.15, 0.2) is 0 Å². The van der Waals surface area contributed by atoms with Crippen LogP contribution in [0.25, 0.3) is 17.3 Å². The van der Waals surface area contributed by atoms with E-state index >= 15 is 0 Å². The van der Waals surface area contributed by atoms with Crippen molar-refractivity contribution in [2.45, 2.75) is 20.8 Å². The van der Waals surface area contributed by atoms with Crippen LogP contribution in [0.5, 0.6) is 0 Å². The lowest BCUT2D eigenvalue weighted by atomic mass is 10.0. The lowest BCUT2D eigenvalue weighted by Gasteiger charge is -2.11. The van der Waals surface area contributed by atoms with E-state index in [0.29, 0.717) is 10.6 Å². The highest BCUT2D eigenvalue weighted by atomic mass is 79.9. The van der Waals surface area contributed by atoms with Crippen LogP contribution in [0.4, 0.5) is 0 Å². The van der Waals surface area contributed by atoms with Gasteiger partial charge in [-0.1, -0.05) is 45.7 Å². The van der Waals surface area contributed by atoms with E-state index in [1.54, 1.807) is 12.1 Å². The monoisotopic (exact) mass is 424 g/mol. The van der Waals surface area contributed by atoms with Gasteiger partial charge in [0.05, 0.1) is 11.6 Å². The minimum absolute atomic E-state index is 0.618. The van der Waals surface area contributed by atoms with E-state index in [0.717, 1.165) is 32.7 Å². The van der Waals surface area contributed by atoms with E-state index in [9.17, 15) is 5.26 Å². The normalized spacial score (nSPS) is 11.5. The Kier molecular flexibility index (Phi) is 5.36. The van der Waals surface area contributed by atoms with Gasteiger partial charge >= 0.3 is 0 Å². The number of halogens is 2. The molecular weight excluding hydrogens is 408 g/mol. The Morgan fingerprint density at radius 2 is 1.77 bits per heavy atom. The third-order valence-corrected chi connectivity index (χ3v) is 5.57. The zero-order valence-electron chi connectivity index (χ0n) is 14.8. The first-order valence-corrected chi connectivity index (χ1v) is 9.41. The van der Waals surface area contributed by atoms with Crippen molar-refractivity contribution in [1.29, 1.82) is 5.26 Å². The van der Waals surface area contributed by atoms with Gasteiger partial charge in [-0.2, -0.15) is 5.26 Å². The number of hydrogen-bond acceptors (Lipinski definition) is 1. The standard InChI is InChI=1S/C22H18BrClN2/c1-14-4-9-21(12-22(14)23)26-15(2)10-18(16(26)3)11-19(13-25)17-5-7-20(24)8-6-17/h4-12H,1-3H3/b19-11-. The van der Waals surface area contributed by atoms with Crippen LogP contribution in [0.15, 0.2) is 53.0 Å². The Hall–Kier alpha value is -2.28. The highest BCUT2D eigenvalue weighted by molar-refractivity contribution is 9.10. The van der Waals surface area contributed by atoms with Gasteiger partial charge < -0.3 is 4.57 Å². The summed E-state index contributed by atoms with van der Waals surface area (Å²) in [6, 6.07) is 18.1. The molecule has 0 radical (unpaired) electrons. The first kappa shape index (κ1) is 18.5. The number of nitrogens with zero attached hydrogens (tertiary/aromatic N) is 2. The fourth-order valence-corrected chi connectivity index (χ4v) is 3.51. The summed E-state index contributed by atoms with van der Waals surface area (Å²) in [4.78, 5) is 0. The van der Waals surface area contributed by atoms with Crippen LogP contribution in [0.1, 0.15) is 28.1 Å². The molecule has 1 aromatic heterocycles. The maximum absolute atomic E-state index is 9.60. The number of nitriles is 1. The van der Waals surface area contributed by atoms with Crippen molar-refractivity contribution < 1.29 is 0 Å². The molecule has 0 N–H and O–H groups in total. The number of benzene rings is 2. The zero-order chi connectivity index (χ0) is 18.8. The topological polar surface area (TPSA) is 28.7 Å². The first-order chi connectivity index (χ1) is 12.4. The molecule has 0 bridgehead atoms. The van der Waals surface area contributed by atoms with Gasteiger partial charge in [0, 0.05) is 26.6 Å². The van der Waals surface area contributed by atoms with Crippen LogP contribution in [0.2, 0.25) is 5.02 Å². The maximum atomic E-state index is 9.60. The van der Waals surface area contributed by atoms with Crippen molar-refractivity contribution in [2.75, 3.05) is 0 Å². The van der Waals surface area contributed by atoms with Crippen molar-refractivity contribution in [3.63, 3.8) is 0 Å². The van der Waals surface area contributed by atoms with Crippen LogP contribution in [0.3, 0.4) is 0 Å². The summed E-state index contributed by atoms with van der Waals surface area (Å²) < 4.78 is 3.28. The van der Waals surface area contributed by atoms with Gasteiger partial charge in [0.2, 0.25) is 0 Å².